The Kier molecular flexibility index (Phi) is 7.67. The van der Waals surface area contributed by atoms with Gasteiger partial charge in [-0.1, -0.05) is 17.7 Å². The highest BCUT2D eigenvalue weighted by atomic mass is 35.5. The molecule has 0 saturated heterocycles. The maximum atomic E-state index is 13.4. The fraction of sp³-hybridized carbons (Fsp3) is 0.381. The summed E-state index contributed by atoms with van der Waals surface area (Å²) in [6.45, 7) is 0.781. The van der Waals surface area contributed by atoms with Gasteiger partial charge in [0.2, 0.25) is 5.95 Å². The summed E-state index contributed by atoms with van der Waals surface area (Å²) in [5.74, 6) is 0.0578. The van der Waals surface area contributed by atoms with Crippen LogP contribution in [0.25, 0.3) is 10.9 Å². The van der Waals surface area contributed by atoms with E-state index in [0.29, 0.717) is 5.52 Å². The average molecular weight is 510 g/mol. The molecule has 35 heavy (non-hydrogen) atoms. The van der Waals surface area contributed by atoms with Crippen LogP contribution >= 0.6 is 11.6 Å². The van der Waals surface area contributed by atoms with Gasteiger partial charge in [-0.15, -0.1) is 0 Å². The van der Waals surface area contributed by atoms with Crippen LogP contribution in [0.3, 0.4) is 0 Å². The molecule has 2 heterocycles. The van der Waals surface area contributed by atoms with E-state index in [-0.39, 0.29) is 58.9 Å². The molecule has 14 heteroatoms. The number of benzene rings is 1. The summed E-state index contributed by atoms with van der Waals surface area (Å²) in [6, 6.07) is 6.06. The number of nitriles is 1. The minimum absolute atomic E-state index is 0.0300. The maximum absolute atomic E-state index is 13.4. The second-order valence-corrected chi connectivity index (χ2v) is 8.34. The van der Waals surface area contributed by atoms with Crippen LogP contribution in [-0.4, -0.2) is 50.7 Å². The Morgan fingerprint density at radius 3 is 2.66 bits per heavy atom. The van der Waals surface area contributed by atoms with Gasteiger partial charge in [0, 0.05) is 6.54 Å². The van der Waals surface area contributed by atoms with Crippen molar-refractivity contribution in [3.8, 4) is 6.07 Å². The van der Waals surface area contributed by atoms with Crippen molar-refractivity contribution >= 4 is 40.1 Å². The number of rotatable bonds is 8. The SMILES string of the molecule is CC(Nc1nc(N)nc(N)c1C#N)c1nc2cccc(Cl)c2c(=O)n1CCCN(C)CC(F)(F)F. The molecule has 10 nitrogen and oxygen atoms in total. The van der Waals surface area contributed by atoms with Gasteiger partial charge in [0.05, 0.1) is 28.5 Å². The summed E-state index contributed by atoms with van der Waals surface area (Å²) < 4.78 is 39.3. The van der Waals surface area contributed by atoms with E-state index in [1.54, 1.807) is 25.1 Å². The van der Waals surface area contributed by atoms with E-state index in [9.17, 15) is 23.2 Å². The molecule has 5 N–H and O–H groups in total. The molecule has 0 aliphatic rings. The molecule has 1 atom stereocenters. The quantitative estimate of drug-likeness (QED) is 0.416. The van der Waals surface area contributed by atoms with Crippen molar-refractivity contribution in [2.75, 3.05) is 36.9 Å². The minimum atomic E-state index is -4.33. The van der Waals surface area contributed by atoms with E-state index in [2.05, 4.69) is 20.3 Å². The summed E-state index contributed by atoms with van der Waals surface area (Å²) in [5.41, 5.74) is 11.3. The molecule has 0 bridgehead atoms. The molecule has 0 aliphatic heterocycles. The third kappa shape index (κ3) is 6.09. The molecule has 0 amide bonds. The molecule has 0 radical (unpaired) electrons. The van der Waals surface area contributed by atoms with Gasteiger partial charge < -0.3 is 16.8 Å². The van der Waals surface area contributed by atoms with E-state index in [1.165, 1.54) is 11.6 Å². The smallest absolute Gasteiger partial charge is 0.382 e. The van der Waals surface area contributed by atoms with E-state index in [0.717, 1.165) is 4.90 Å². The number of nitrogen functional groups attached to an aromatic ring is 2. The highest BCUT2D eigenvalue weighted by Crippen LogP contribution is 2.25. The predicted molar refractivity (Wildman–Crippen MR) is 127 cm³/mol. The van der Waals surface area contributed by atoms with E-state index < -0.39 is 24.3 Å². The number of nitrogens with zero attached hydrogens (tertiary/aromatic N) is 6. The van der Waals surface area contributed by atoms with Gasteiger partial charge in [-0.05, 0) is 39.1 Å². The lowest BCUT2D eigenvalue weighted by molar-refractivity contribution is -0.143. The number of alkyl halides is 3. The lowest BCUT2D eigenvalue weighted by atomic mass is 10.2. The molecule has 0 fully saturated rings. The van der Waals surface area contributed by atoms with Crippen molar-refractivity contribution in [1.29, 1.82) is 5.26 Å². The zero-order valence-electron chi connectivity index (χ0n) is 18.9. The standard InChI is InChI=1S/C21H23ClF3N9O/c1-11(29-17-12(9-26)16(27)31-20(28)32-17)18-30-14-6-3-5-13(22)15(14)19(35)34(18)8-4-7-33(2)10-21(23,24)25/h3,5-6,11H,4,7-8,10H2,1-2H3,(H5,27,28,29,31,32). The predicted octanol–water partition coefficient (Wildman–Crippen LogP) is 2.93. The molecule has 0 saturated carbocycles. The van der Waals surface area contributed by atoms with Crippen LogP contribution in [0.4, 0.5) is 30.8 Å². The largest absolute Gasteiger partial charge is 0.401 e. The van der Waals surface area contributed by atoms with Crippen molar-refractivity contribution < 1.29 is 13.2 Å². The number of fused-ring (bicyclic) bond motifs is 1. The fourth-order valence-corrected chi connectivity index (χ4v) is 3.90. The van der Waals surface area contributed by atoms with Crippen LogP contribution in [0.5, 0.6) is 0 Å². The molecule has 0 spiro atoms. The van der Waals surface area contributed by atoms with Crippen LogP contribution in [0.15, 0.2) is 23.0 Å². The van der Waals surface area contributed by atoms with Gasteiger partial charge in [0.25, 0.3) is 5.56 Å². The zero-order valence-corrected chi connectivity index (χ0v) is 19.7. The van der Waals surface area contributed by atoms with Crippen LogP contribution in [0.2, 0.25) is 5.02 Å². The Labute approximate surface area is 203 Å². The van der Waals surface area contributed by atoms with Crippen LogP contribution in [-0.2, 0) is 6.54 Å². The Balaban J connectivity index is 1.99. The van der Waals surface area contributed by atoms with Crippen molar-refractivity contribution in [3.63, 3.8) is 0 Å². The lowest BCUT2D eigenvalue weighted by Gasteiger charge is -2.22. The third-order valence-electron chi connectivity index (χ3n) is 5.14. The second-order valence-electron chi connectivity index (χ2n) is 7.94. The summed E-state index contributed by atoms with van der Waals surface area (Å²) in [4.78, 5) is 26.9. The molecular weight excluding hydrogens is 487 g/mol. The van der Waals surface area contributed by atoms with Crippen molar-refractivity contribution in [1.82, 2.24) is 24.4 Å². The molecule has 1 unspecified atom stereocenters. The molecule has 186 valence electrons. The summed E-state index contributed by atoms with van der Waals surface area (Å²) in [5, 5.41) is 12.8. The highest BCUT2D eigenvalue weighted by molar-refractivity contribution is 6.35. The normalized spacial score (nSPS) is 12.6. The van der Waals surface area contributed by atoms with Gasteiger partial charge in [-0.3, -0.25) is 14.3 Å². The molecular formula is C21H23ClF3N9O. The Morgan fingerprint density at radius 1 is 1.29 bits per heavy atom. The first-order valence-corrected chi connectivity index (χ1v) is 10.8. The monoisotopic (exact) mass is 509 g/mol. The Hall–Kier alpha value is -3.63. The third-order valence-corrected chi connectivity index (χ3v) is 5.45. The summed E-state index contributed by atoms with van der Waals surface area (Å²) >= 11 is 6.24. The van der Waals surface area contributed by atoms with Gasteiger partial charge in [-0.25, -0.2) is 4.98 Å². The molecule has 3 aromatic rings. The zero-order chi connectivity index (χ0) is 25.9. The van der Waals surface area contributed by atoms with E-state index >= 15 is 0 Å². The van der Waals surface area contributed by atoms with Crippen molar-refractivity contribution in [3.05, 3.63) is 45.0 Å². The van der Waals surface area contributed by atoms with Crippen molar-refractivity contribution in [2.24, 2.45) is 0 Å². The van der Waals surface area contributed by atoms with Gasteiger partial charge in [0.15, 0.2) is 5.82 Å². The summed E-state index contributed by atoms with van der Waals surface area (Å²) in [6.07, 6.45) is -4.09. The first kappa shape index (κ1) is 26.0. The second kappa shape index (κ2) is 10.3. The van der Waals surface area contributed by atoms with Gasteiger partial charge in [-0.2, -0.15) is 28.4 Å². The van der Waals surface area contributed by atoms with Gasteiger partial charge >= 0.3 is 6.18 Å². The topological polar surface area (TPSA) is 152 Å². The molecule has 1 aromatic carbocycles. The number of nitrogens with one attached hydrogen (secondary N) is 1. The van der Waals surface area contributed by atoms with E-state index in [1.807, 2.05) is 6.07 Å². The number of nitrogens with two attached hydrogens (primary N) is 2. The van der Waals surface area contributed by atoms with Crippen LogP contribution in [0.1, 0.15) is 30.8 Å². The highest BCUT2D eigenvalue weighted by Gasteiger charge is 2.29. The molecule has 2 aromatic heterocycles. The fourth-order valence-electron chi connectivity index (χ4n) is 3.65. The lowest BCUT2D eigenvalue weighted by Crippen LogP contribution is -2.34. The average Bonchev–Trinajstić information content (AvgIpc) is 2.73. The Morgan fingerprint density at radius 2 is 2.00 bits per heavy atom. The number of anilines is 3. The minimum Gasteiger partial charge on any atom is -0.382 e. The number of hydrogen-bond donors (Lipinski definition) is 3. The number of aromatic nitrogens is 4. The molecule has 0 aliphatic carbocycles. The number of hydrogen-bond acceptors (Lipinski definition) is 9. The first-order chi connectivity index (χ1) is 16.4. The maximum Gasteiger partial charge on any atom is 0.401 e. The molecule has 3 rings (SSSR count). The van der Waals surface area contributed by atoms with Crippen molar-refractivity contribution in [2.45, 2.75) is 32.1 Å². The van der Waals surface area contributed by atoms with E-state index in [4.69, 9.17) is 23.1 Å². The van der Waals surface area contributed by atoms with Crippen LogP contribution < -0.4 is 22.3 Å². The number of halogens is 4. The Bertz CT molecular complexity index is 1340. The van der Waals surface area contributed by atoms with Crippen LogP contribution in [0, 0.1) is 11.3 Å². The van der Waals surface area contributed by atoms with Gasteiger partial charge in [0.1, 0.15) is 23.3 Å². The first-order valence-electron chi connectivity index (χ1n) is 10.4. The summed E-state index contributed by atoms with van der Waals surface area (Å²) in [7, 11) is 1.35.